The maximum atomic E-state index is 9.82. The fraction of sp³-hybridized carbons (Fsp3) is 1.00. The molecule has 1 fully saturated rings. The molecule has 0 bridgehead atoms. The van der Waals surface area contributed by atoms with Crippen molar-refractivity contribution in [3.05, 3.63) is 0 Å². The highest BCUT2D eigenvalue weighted by Gasteiger charge is 2.44. The van der Waals surface area contributed by atoms with Gasteiger partial charge in [-0.1, -0.05) is 0 Å². The third-order valence-electron chi connectivity index (χ3n) is 3.61. The van der Waals surface area contributed by atoms with Crippen LogP contribution in [-0.2, 0) is 9.47 Å². The molecule has 1 aliphatic rings. The van der Waals surface area contributed by atoms with Gasteiger partial charge < -0.3 is 50.3 Å². The van der Waals surface area contributed by atoms with E-state index in [1.54, 1.807) is 0 Å². The average Bonchev–Trinajstić information content (AvgIpc) is 2.52. The van der Waals surface area contributed by atoms with Crippen molar-refractivity contribution >= 4 is 0 Å². The molecule has 8 N–H and O–H groups in total. The minimum absolute atomic E-state index is 0.796. The van der Waals surface area contributed by atoms with Crippen LogP contribution in [0.2, 0.25) is 0 Å². The lowest BCUT2D eigenvalue weighted by Crippen LogP contribution is -2.59. The van der Waals surface area contributed by atoms with Crippen LogP contribution in [-0.4, -0.2) is 109 Å². The fourth-order valence-electron chi connectivity index (χ4n) is 2.09. The van der Waals surface area contributed by atoms with Gasteiger partial charge in [0.1, 0.15) is 42.7 Å². The van der Waals surface area contributed by atoms with Crippen molar-refractivity contribution in [3.63, 3.8) is 0 Å². The van der Waals surface area contributed by atoms with Gasteiger partial charge in [-0.15, -0.1) is 0 Å². The molecule has 0 amide bonds. The first-order chi connectivity index (χ1) is 10.2. The highest BCUT2D eigenvalue weighted by molar-refractivity contribution is 4.89. The molecular formula is C12H24O10. The monoisotopic (exact) mass is 328 g/mol. The van der Waals surface area contributed by atoms with Crippen LogP contribution in [0.5, 0.6) is 0 Å². The van der Waals surface area contributed by atoms with E-state index in [0.717, 1.165) is 0 Å². The topological polar surface area (TPSA) is 180 Å². The van der Waals surface area contributed by atoms with Gasteiger partial charge in [-0.25, -0.2) is 0 Å². The summed E-state index contributed by atoms with van der Waals surface area (Å²) in [5.74, 6) is 0. The number of aliphatic hydroxyl groups is 8. The summed E-state index contributed by atoms with van der Waals surface area (Å²) in [5, 5.41) is 75.6. The third kappa shape index (κ3) is 4.32. The van der Waals surface area contributed by atoms with Crippen LogP contribution < -0.4 is 0 Å². The van der Waals surface area contributed by atoms with Gasteiger partial charge in [-0.3, -0.25) is 0 Å². The smallest absolute Gasteiger partial charge is 0.187 e. The first-order valence-electron chi connectivity index (χ1n) is 6.85. The molecule has 1 aliphatic heterocycles. The Balaban J connectivity index is 2.72. The molecule has 0 aromatic rings. The Labute approximate surface area is 126 Å². The zero-order valence-corrected chi connectivity index (χ0v) is 12.0. The van der Waals surface area contributed by atoms with Crippen LogP contribution in [0.3, 0.4) is 0 Å². The molecule has 22 heavy (non-hydrogen) atoms. The molecule has 0 saturated carbocycles. The molecule has 1 saturated heterocycles. The number of ether oxygens (including phenoxy) is 2. The van der Waals surface area contributed by atoms with Crippen LogP contribution in [0.25, 0.3) is 0 Å². The molecule has 0 aromatic carbocycles. The van der Waals surface area contributed by atoms with Crippen LogP contribution in [0.15, 0.2) is 0 Å². The Morgan fingerprint density at radius 3 is 2.00 bits per heavy atom. The molecule has 0 unspecified atom stereocenters. The van der Waals surface area contributed by atoms with Crippen molar-refractivity contribution in [2.45, 2.75) is 62.0 Å². The van der Waals surface area contributed by atoms with Crippen molar-refractivity contribution < 1.29 is 50.3 Å². The first kappa shape index (κ1) is 19.6. The SMILES string of the molecule is C[C@@H]1O[C@@H](O[C@@H](CO)[C@@H](O)[C@H](O)[C@H](O)CO)[C@@H](O)[C@H](O)[C@@H]1O. The predicted molar refractivity (Wildman–Crippen MR) is 69.4 cm³/mol. The van der Waals surface area contributed by atoms with Crippen molar-refractivity contribution in [3.8, 4) is 0 Å². The summed E-state index contributed by atoms with van der Waals surface area (Å²) in [6.07, 6.45) is -13.6. The van der Waals surface area contributed by atoms with Gasteiger partial charge in [0.25, 0.3) is 0 Å². The van der Waals surface area contributed by atoms with Crippen molar-refractivity contribution in [1.29, 1.82) is 0 Å². The second kappa shape index (κ2) is 8.45. The Kier molecular flexibility index (Phi) is 7.55. The van der Waals surface area contributed by atoms with Crippen LogP contribution in [0.4, 0.5) is 0 Å². The van der Waals surface area contributed by atoms with E-state index in [1.807, 2.05) is 0 Å². The molecule has 0 aromatic heterocycles. The highest BCUT2D eigenvalue weighted by Crippen LogP contribution is 2.23. The zero-order chi connectivity index (χ0) is 17.0. The second-order valence-electron chi connectivity index (χ2n) is 5.27. The van der Waals surface area contributed by atoms with Gasteiger partial charge in [0.2, 0.25) is 0 Å². The Morgan fingerprint density at radius 1 is 0.909 bits per heavy atom. The van der Waals surface area contributed by atoms with Gasteiger partial charge >= 0.3 is 0 Å². The summed E-state index contributed by atoms with van der Waals surface area (Å²) < 4.78 is 10.3. The number of hydrogen-bond donors (Lipinski definition) is 8. The highest BCUT2D eigenvalue weighted by atomic mass is 16.7. The number of hydrogen-bond acceptors (Lipinski definition) is 10. The largest absolute Gasteiger partial charge is 0.394 e. The molecule has 10 heteroatoms. The molecule has 0 aliphatic carbocycles. The Bertz CT molecular complexity index is 329. The zero-order valence-electron chi connectivity index (χ0n) is 12.0. The van der Waals surface area contributed by atoms with E-state index in [9.17, 15) is 35.7 Å². The van der Waals surface area contributed by atoms with E-state index in [-0.39, 0.29) is 0 Å². The summed E-state index contributed by atoms with van der Waals surface area (Å²) in [5.41, 5.74) is 0. The van der Waals surface area contributed by atoms with E-state index < -0.39 is 68.3 Å². The van der Waals surface area contributed by atoms with Crippen molar-refractivity contribution in [1.82, 2.24) is 0 Å². The molecular weight excluding hydrogens is 304 g/mol. The predicted octanol–water partition coefficient (Wildman–Crippen LogP) is -4.73. The second-order valence-corrected chi connectivity index (χ2v) is 5.27. The molecule has 10 nitrogen and oxygen atoms in total. The first-order valence-corrected chi connectivity index (χ1v) is 6.85. The standard InChI is InChI=1S/C12H24O10/c1-4-7(16)10(19)11(20)12(21-4)22-6(3-14)9(18)8(17)5(15)2-13/h4-20H,2-3H2,1H3/t4-,5+,6-,7+,8+,9+,10+,11-,12-/m0/s1. The van der Waals surface area contributed by atoms with Crippen LogP contribution >= 0.6 is 0 Å². The number of rotatable bonds is 7. The van der Waals surface area contributed by atoms with Crippen LogP contribution in [0.1, 0.15) is 6.92 Å². The lowest BCUT2D eigenvalue weighted by molar-refractivity contribution is -0.316. The van der Waals surface area contributed by atoms with Crippen LogP contribution in [0, 0.1) is 0 Å². The summed E-state index contributed by atoms with van der Waals surface area (Å²) in [4.78, 5) is 0. The van der Waals surface area contributed by atoms with E-state index in [0.29, 0.717) is 0 Å². The lowest BCUT2D eigenvalue weighted by atomic mass is 9.99. The van der Waals surface area contributed by atoms with Crippen molar-refractivity contribution in [2.24, 2.45) is 0 Å². The normalized spacial score (nSPS) is 38.3. The van der Waals surface area contributed by atoms with Crippen molar-refractivity contribution in [2.75, 3.05) is 13.2 Å². The molecule has 1 heterocycles. The summed E-state index contributed by atoms with van der Waals surface area (Å²) >= 11 is 0. The number of aliphatic hydroxyl groups excluding tert-OH is 8. The van der Waals surface area contributed by atoms with Gasteiger partial charge in [0, 0.05) is 0 Å². The molecule has 132 valence electrons. The lowest BCUT2D eigenvalue weighted by Gasteiger charge is -2.41. The molecule has 0 radical (unpaired) electrons. The van der Waals surface area contributed by atoms with E-state index in [4.69, 9.17) is 14.6 Å². The quantitative estimate of drug-likeness (QED) is 0.226. The fourth-order valence-corrected chi connectivity index (χ4v) is 2.09. The Hall–Kier alpha value is -0.400. The summed E-state index contributed by atoms with van der Waals surface area (Å²) in [6.45, 7) is -0.193. The maximum Gasteiger partial charge on any atom is 0.187 e. The van der Waals surface area contributed by atoms with E-state index in [2.05, 4.69) is 0 Å². The third-order valence-corrected chi connectivity index (χ3v) is 3.61. The van der Waals surface area contributed by atoms with Gasteiger partial charge in [-0.05, 0) is 6.92 Å². The maximum absolute atomic E-state index is 9.82. The van der Waals surface area contributed by atoms with Gasteiger partial charge in [-0.2, -0.15) is 0 Å². The molecule has 9 atom stereocenters. The molecule has 0 spiro atoms. The molecule has 1 rings (SSSR count). The van der Waals surface area contributed by atoms with Gasteiger partial charge in [0.05, 0.1) is 19.3 Å². The van der Waals surface area contributed by atoms with E-state index in [1.165, 1.54) is 6.92 Å². The minimum atomic E-state index is -1.81. The van der Waals surface area contributed by atoms with E-state index >= 15 is 0 Å². The van der Waals surface area contributed by atoms with Gasteiger partial charge in [0.15, 0.2) is 6.29 Å². The summed E-state index contributed by atoms with van der Waals surface area (Å²) in [7, 11) is 0. The Morgan fingerprint density at radius 2 is 1.50 bits per heavy atom. The average molecular weight is 328 g/mol. The minimum Gasteiger partial charge on any atom is -0.394 e. The summed E-state index contributed by atoms with van der Waals surface area (Å²) in [6, 6.07) is 0.